The standard InChI is InChI=1S/C11H18O2/c1-7(2)9-5-4-8(3)10(6-9)11(12)13/h8,10H,4-6H2,1-3H3,(H,12,13). The molecule has 0 aromatic carbocycles. The highest BCUT2D eigenvalue weighted by Crippen LogP contribution is 2.34. The predicted octanol–water partition coefficient (Wildman–Crippen LogP) is 2.84. The molecule has 1 rings (SSSR count). The Hall–Kier alpha value is -0.790. The first kappa shape index (κ1) is 10.3. The summed E-state index contributed by atoms with van der Waals surface area (Å²) in [5.74, 6) is -0.454. The molecule has 0 aromatic rings. The molecule has 0 bridgehead atoms. The van der Waals surface area contributed by atoms with Gasteiger partial charge in [0, 0.05) is 0 Å². The molecule has 1 fully saturated rings. The second-order valence-corrected chi connectivity index (χ2v) is 4.27. The van der Waals surface area contributed by atoms with E-state index in [9.17, 15) is 4.79 Å². The van der Waals surface area contributed by atoms with E-state index in [2.05, 4.69) is 13.8 Å². The predicted molar refractivity (Wildman–Crippen MR) is 52.5 cm³/mol. The number of hydrogen-bond donors (Lipinski definition) is 1. The summed E-state index contributed by atoms with van der Waals surface area (Å²) in [5, 5.41) is 8.99. The van der Waals surface area contributed by atoms with Gasteiger partial charge < -0.3 is 5.11 Å². The molecule has 1 aliphatic rings. The highest BCUT2D eigenvalue weighted by Gasteiger charge is 2.29. The highest BCUT2D eigenvalue weighted by molar-refractivity contribution is 5.71. The van der Waals surface area contributed by atoms with Gasteiger partial charge >= 0.3 is 5.97 Å². The third kappa shape index (κ3) is 2.33. The van der Waals surface area contributed by atoms with Gasteiger partial charge in [-0.3, -0.25) is 4.79 Å². The summed E-state index contributed by atoms with van der Waals surface area (Å²) >= 11 is 0. The first-order chi connectivity index (χ1) is 6.02. The van der Waals surface area contributed by atoms with Crippen LogP contribution in [0, 0.1) is 11.8 Å². The number of carboxylic acids is 1. The maximum absolute atomic E-state index is 10.9. The Morgan fingerprint density at radius 1 is 1.46 bits per heavy atom. The molecular formula is C11H18O2. The fourth-order valence-electron chi connectivity index (χ4n) is 1.96. The van der Waals surface area contributed by atoms with Crippen LogP contribution in [0.25, 0.3) is 0 Å². The second-order valence-electron chi connectivity index (χ2n) is 4.27. The van der Waals surface area contributed by atoms with Gasteiger partial charge in [0.25, 0.3) is 0 Å². The van der Waals surface area contributed by atoms with Crippen LogP contribution in [-0.2, 0) is 4.79 Å². The molecule has 0 heterocycles. The smallest absolute Gasteiger partial charge is 0.307 e. The lowest BCUT2D eigenvalue weighted by atomic mass is 9.77. The Labute approximate surface area is 79.6 Å². The zero-order chi connectivity index (χ0) is 10.0. The van der Waals surface area contributed by atoms with Crippen molar-refractivity contribution < 1.29 is 9.90 Å². The van der Waals surface area contributed by atoms with E-state index in [1.165, 1.54) is 11.1 Å². The number of rotatable bonds is 1. The summed E-state index contributed by atoms with van der Waals surface area (Å²) in [6.45, 7) is 6.19. The lowest BCUT2D eigenvalue weighted by Gasteiger charge is -2.28. The molecule has 0 saturated heterocycles. The number of allylic oxidation sites excluding steroid dienone is 2. The fraction of sp³-hybridized carbons (Fsp3) is 0.727. The Morgan fingerprint density at radius 3 is 2.54 bits per heavy atom. The van der Waals surface area contributed by atoms with Crippen molar-refractivity contribution in [3.8, 4) is 0 Å². The summed E-state index contributed by atoms with van der Waals surface area (Å²) in [5.41, 5.74) is 2.66. The Balaban J connectivity index is 2.75. The maximum Gasteiger partial charge on any atom is 0.307 e. The second kappa shape index (κ2) is 3.95. The van der Waals surface area contributed by atoms with Gasteiger partial charge in [0.05, 0.1) is 5.92 Å². The summed E-state index contributed by atoms with van der Waals surface area (Å²) in [6.07, 6.45) is 2.88. The van der Waals surface area contributed by atoms with Crippen LogP contribution in [0.2, 0.25) is 0 Å². The monoisotopic (exact) mass is 182 g/mol. The first-order valence-electron chi connectivity index (χ1n) is 4.90. The molecule has 0 spiro atoms. The van der Waals surface area contributed by atoms with E-state index in [4.69, 9.17) is 5.11 Å². The van der Waals surface area contributed by atoms with Crippen molar-refractivity contribution in [1.29, 1.82) is 0 Å². The van der Waals surface area contributed by atoms with Crippen molar-refractivity contribution >= 4 is 5.97 Å². The molecule has 2 heteroatoms. The van der Waals surface area contributed by atoms with Gasteiger partial charge in [-0.25, -0.2) is 0 Å². The van der Waals surface area contributed by atoms with Gasteiger partial charge in [0.1, 0.15) is 0 Å². The van der Waals surface area contributed by atoms with Crippen molar-refractivity contribution in [3.63, 3.8) is 0 Å². The van der Waals surface area contributed by atoms with Gasteiger partial charge in [-0.15, -0.1) is 0 Å². The van der Waals surface area contributed by atoms with E-state index < -0.39 is 5.97 Å². The minimum absolute atomic E-state index is 0.154. The number of aliphatic carboxylic acids is 1. The molecule has 2 nitrogen and oxygen atoms in total. The molecule has 1 N–H and O–H groups in total. The van der Waals surface area contributed by atoms with Crippen molar-refractivity contribution in [2.75, 3.05) is 0 Å². The molecule has 2 unspecified atom stereocenters. The summed E-state index contributed by atoms with van der Waals surface area (Å²) in [4.78, 5) is 10.9. The Bertz CT molecular complexity index is 236. The zero-order valence-electron chi connectivity index (χ0n) is 8.63. The minimum Gasteiger partial charge on any atom is -0.481 e. The van der Waals surface area contributed by atoms with E-state index >= 15 is 0 Å². The third-order valence-electron chi connectivity index (χ3n) is 3.08. The minimum atomic E-state index is -0.633. The van der Waals surface area contributed by atoms with Crippen LogP contribution in [0.3, 0.4) is 0 Å². The van der Waals surface area contributed by atoms with Crippen molar-refractivity contribution in [2.24, 2.45) is 11.8 Å². The van der Waals surface area contributed by atoms with Crippen LogP contribution in [0.5, 0.6) is 0 Å². The SMILES string of the molecule is CC(C)=C1CCC(C)C(C(=O)O)C1. The van der Waals surface area contributed by atoms with Crippen molar-refractivity contribution in [1.82, 2.24) is 0 Å². The van der Waals surface area contributed by atoms with Crippen LogP contribution in [0.4, 0.5) is 0 Å². The molecule has 0 radical (unpaired) electrons. The molecule has 1 aliphatic carbocycles. The van der Waals surface area contributed by atoms with E-state index in [-0.39, 0.29) is 5.92 Å². The molecule has 0 aliphatic heterocycles. The third-order valence-corrected chi connectivity index (χ3v) is 3.08. The van der Waals surface area contributed by atoms with Crippen molar-refractivity contribution in [2.45, 2.75) is 40.0 Å². The van der Waals surface area contributed by atoms with Crippen LogP contribution in [0.1, 0.15) is 40.0 Å². The van der Waals surface area contributed by atoms with Crippen LogP contribution < -0.4 is 0 Å². The van der Waals surface area contributed by atoms with Crippen LogP contribution in [-0.4, -0.2) is 11.1 Å². The average Bonchev–Trinajstić information content (AvgIpc) is 2.04. The average molecular weight is 182 g/mol. The number of carbonyl (C=O) groups is 1. The topological polar surface area (TPSA) is 37.3 Å². The fourth-order valence-corrected chi connectivity index (χ4v) is 1.96. The molecule has 1 saturated carbocycles. The molecule has 74 valence electrons. The van der Waals surface area contributed by atoms with Gasteiger partial charge in [-0.1, -0.05) is 18.1 Å². The van der Waals surface area contributed by atoms with Crippen LogP contribution in [0.15, 0.2) is 11.1 Å². The maximum atomic E-state index is 10.9. The van der Waals surface area contributed by atoms with E-state index in [1.54, 1.807) is 0 Å². The quantitative estimate of drug-likeness (QED) is 0.633. The van der Waals surface area contributed by atoms with Gasteiger partial charge in [-0.05, 0) is 39.0 Å². The van der Waals surface area contributed by atoms with Crippen LogP contribution >= 0.6 is 0 Å². The van der Waals surface area contributed by atoms with E-state index in [0.717, 1.165) is 19.3 Å². The molecular weight excluding hydrogens is 164 g/mol. The van der Waals surface area contributed by atoms with Gasteiger partial charge in [-0.2, -0.15) is 0 Å². The lowest BCUT2D eigenvalue weighted by molar-refractivity contribution is -0.143. The normalized spacial score (nSPS) is 28.7. The molecule has 13 heavy (non-hydrogen) atoms. The molecule has 0 aromatic heterocycles. The first-order valence-corrected chi connectivity index (χ1v) is 4.90. The van der Waals surface area contributed by atoms with Gasteiger partial charge in [0.15, 0.2) is 0 Å². The Morgan fingerprint density at radius 2 is 2.08 bits per heavy atom. The van der Waals surface area contributed by atoms with Gasteiger partial charge in [0.2, 0.25) is 0 Å². The van der Waals surface area contributed by atoms with E-state index in [1.807, 2.05) is 6.92 Å². The largest absolute Gasteiger partial charge is 0.481 e. The summed E-state index contributed by atoms with van der Waals surface area (Å²) in [6, 6.07) is 0. The summed E-state index contributed by atoms with van der Waals surface area (Å²) < 4.78 is 0. The highest BCUT2D eigenvalue weighted by atomic mass is 16.4. The van der Waals surface area contributed by atoms with E-state index in [0.29, 0.717) is 5.92 Å². The molecule has 0 amide bonds. The Kier molecular flexibility index (Phi) is 3.12. The van der Waals surface area contributed by atoms with Crippen molar-refractivity contribution in [3.05, 3.63) is 11.1 Å². The molecule has 2 atom stereocenters. The zero-order valence-corrected chi connectivity index (χ0v) is 8.63. The lowest BCUT2D eigenvalue weighted by Crippen LogP contribution is -2.26. The number of hydrogen-bond acceptors (Lipinski definition) is 1. The number of carboxylic acid groups (broad SMARTS) is 1. The summed E-state index contributed by atoms with van der Waals surface area (Å²) in [7, 11) is 0.